The molecule has 3 rings (SSSR count). The van der Waals surface area contributed by atoms with E-state index < -0.39 is 0 Å². The zero-order valence-corrected chi connectivity index (χ0v) is 13.0. The number of rotatable bonds is 2. The molecule has 1 aromatic carbocycles. The summed E-state index contributed by atoms with van der Waals surface area (Å²) in [7, 11) is 1.55. The van der Waals surface area contributed by atoms with Crippen LogP contribution in [-0.2, 0) is 4.74 Å². The molecule has 0 aliphatic carbocycles. The number of hydrogen-bond acceptors (Lipinski definition) is 6. The van der Waals surface area contributed by atoms with Crippen LogP contribution in [-0.4, -0.2) is 54.4 Å². The van der Waals surface area contributed by atoms with Gasteiger partial charge in [0.15, 0.2) is 11.0 Å². The van der Waals surface area contributed by atoms with Crippen LogP contribution in [0, 0.1) is 5.41 Å². The minimum Gasteiger partial charge on any atom is -0.507 e. The van der Waals surface area contributed by atoms with E-state index in [1.54, 1.807) is 31.4 Å². The van der Waals surface area contributed by atoms with Gasteiger partial charge in [0.1, 0.15) is 11.5 Å². The molecule has 7 heteroatoms. The highest BCUT2D eigenvalue weighted by atomic mass is 32.2. The zero-order chi connectivity index (χ0) is 15.5. The van der Waals surface area contributed by atoms with Gasteiger partial charge in [-0.15, -0.1) is 0 Å². The molecule has 0 spiro atoms. The van der Waals surface area contributed by atoms with Crippen LogP contribution >= 0.6 is 11.8 Å². The molecule has 0 aromatic heterocycles. The second-order valence-corrected chi connectivity index (χ2v) is 5.89. The van der Waals surface area contributed by atoms with Crippen LogP contribution in [0.15, 0.2) is 28.1 Å². The Morgan fingerprint density at radius 1 is 1.41 bits per heavy atom. The van der Waals surface area contributed by atoms with Gasteiger partial charge >= 0.3 is 0 Å². The molecule has 2 heterocycles. The van der Waals surface area contributed by atoms with Crippen LogP contribution in [0.5, 0.6) is 11.5 Å². The molecule has 116 valence electrons. The van der Waals surface area contributed by atoms with Gasteiger partial charge in [0.05, 0.1) is 25.2 Å². The summed E-state index contributed by atoms with van der Waals surface area (Å²) in [6.07, 6.45) is 1.78. The lowest BCUT2D eigenvalue weighted by Crippen LogP contribution is -2.38. The average Bonchev–Trinajstić information content (AvgIpc) is 2.91. The Labute approximate surface area is 132 Å². The Bertz CT molecular complexity index is 651. The monoisotopic (exact) mass is 319 g/mol. The van der Waals surface area contributed by atoms with Crippen molar-refractivity contribution in [3.05, 3.63) is 28.7 Å². The molecule has 0 amide bonds. The van der Waals surface area contributed by atoms with E-state index in [9.17, 15) is 5.11 Å². The van der Waals surface area contributed by atoms with Gasteiger partial charge in [0.25, 0.3) is 0 Å². The van der Waals surface area contributed by atoms with Gasteiger partial charge in [-0.25, -0.2) is 4.99 Å². The summed E-state index contributed by atoms with van der Waals surface area (Å²) in [5.74, 6) is 0.945. The van der Waals surface area contributed by atoms with Gasteiger partial charge in [0.2, 0.25) is 0 Å². The van der Waals surface area contributed by atoms with Crippen molar-refractivity contribution in [3.8, 4) is 11.5 Å². The first-order chi connectivity index (χ1) is 10.7. The minimum atomic E-state index is 0.125. The van der Waals surface area contributed by atoms with Gasteiger partial charge in [-0.1, -0.05) is 0 Å². The van der Waals surface area contributed by atoms with E-state index in [1.165, 1.54) is 11.8 Å². The van der Waals surface area contributed by atoms with E-state index in [4.69, 9.17) is 14.9 Å². The predicted molar refractivity (Wildman–Crippen MR) is 87.8 cm³/mol. The largest absolute Gasteiger partial charge is 0.507 e. The number of benzene rings is 1. The fourth-order valence-electron chi connectivity index (χ4n) is 2.22. The number of nitrogens with zero attached hydrogens (tertiary/aromatic N) is 2. The van der Waals surface area contributed by atoms with Crippen molar-refractivity contribution in [1.82, 2.24) is 4.90 Å². The number of amidine groups is 2. The van der Waals surface area contributed by atoms with Gasteiger partial charge in [0, 0.05) is 24.7 Å². The second kappa shape index (κ2) is 6.41. The number of morpholine rings is 1. The zero-order valence-electron chi connectivity index (χ0n) is 12.2. The minimum absolute atomic E-state index is 0.125. The summed E-state index contributed by atoms with van der Waals surface area (Å²) in [6.45, 7) is 2.96. The molecule has 6 nitrogen and oxygen atoms in total. The standard InChI is InChI=1S/C15H17N3O3S/c1-20-11-3-2-10(12(19)9-11)8-13-14(16)17-15(22-13)18-4-6-21-7-5-18/h2-3,8-9,16,19H,4-7H2,1H3/b13-8+,16-14?. The molecule has 0 saturated carbocycles. The Morgan fingerprint density at radius 3 is 2.86 bits per heavy atom. The topological polar surface area (TPSA) is 78.1 Å². The molecular formula is C15H17N3O3S. The lowest BCUT2D eigenvalue weighted by atomic mass is 10.1. The molecule has 0 bridgehead atoms. The van der Waals surface area contributed by atoms with Crippen LogP contribution in [0.4, 0.5) is 0 Å². The van der Waals surface area contributed by atoms with E-state index in [0.29, 0.717) is 24.5 Å². The van der Waals surface area contributed by atoms with Crippen LogP contribution in [0.3, 0.4) is 0 Å². The Balaban J connectivity index is 1.77. The van der Waals surface area contributed by atoms with Crippen molar-refractivity contribution in [2.75, 3.05) is 33.4 Å². The van der Waals surface area contributed by atoms with Gasteiger partial charge in [-0.3, -0.25) is 5.41 Å². The number of nitrogens with one attached hydrogen (secondary N) is 1. The number of aliphatic imine (C=N–C) groups is 1. The summed E-state index contributed by atoms with van der Waals surface area (Å²) >= 11 is 1.45. The Morgan fingerprint density at radius 2 is 2.18 bits per heavy atom. The maximum absolute atomic E-state index is 10.0. The predicted octanol–water partition coefficient (Wildman–Crippen LogP) is 2.15. The van der Waals surface area contributed by atoms with E-state index in [0.717, 1.165) is 23.2 Å². The molecule has 1 fully saturated rings. The molecular weight excluding hydrogens is 302 g/mol. The Hall–Kier alpha value is -1.99. The molecule has 2 N–H and O–H groups in total. The maximum Gasteiger partial charge on any atom is 0.171 e. The highest BCUT2D eigenvalue weighted by Crippen LogP contribution is 2.33. The normalized spacial score (nSPS) is 20.4. The molecule has 22 heavy (non-hydrogen) atoms. The first kappa shape index (κ1) is 14.9. The van der Waals surface area contributed by atoms with E-state index in [1.807, 2.05) is 0 Å². The lowest BCUT2D eigenvalue weighted by molar-refractivity contribution is 0.0694. The summed E-state index contributed by atoms with van der Waals surface area (Å²) in [6, 6.07) is 5.10. The van der Waals surface area contributed by atoms with Crippen LogP contribution in [0.25, 0.3) is 6.08 Å². The van der Waals surface area contributed by atoms with Crippen LogP contribution in [0.1, 0.15) is 5.56 Å². The number of methoxy groups -OCH3 is 1. The maximum atomic E-state index is 10.0. The van der Waals surface area contributed by atoms with Crippen molar-refractivity contribution in [2.45, 2.75) is 0 Å². The van der Waals surface area contributed by atoms with E-state index in [-0.39, 0.29) is 11.6 Å². The van der Waals surface area contributed by atoms with Crippen molar-refractivity contribution >= 4 is 28.8 Å². The van der Waals surface area contributed by atoms with Crippen molar-refractivity contribution < 1.29 is 14.6 Å². The summed E-state index contributed by atoms with van der Waals surface area (Å²) in [5.41, 5.74) is 0.645. The third kappa shape index (κ3) is 3.10. The van der Waals surface area contributed by atoms with Gasteiger partial charge in [-0.2, -0.15) is 0 Å². The number of aromatic hydroxyl groups is 1. The number of hydrogen-bond donors (Lipinski definition) is 2. The third-order valence-electron chi connectivity index (χ3n) is 3.45. The summed E-state index contributed by atoms with van der Waals surface area (Å²) < 4.78 is 10.4. The van der Waals surface area contributed by atoms with E-state index in [2.05, 4.69) is 9.89 Å². The molecule has 2 aliphatic rings. The molecule has 1 aromatic rings. The summed E-state index contributed by atoms with van der Waals surface area (Å²) in [5, 5.41) is 18.9. The van der Waals surface area contributed by atoms with Crippen molar-refractivity contribution in [2.24, 2.45) is 4.99 Å². The quantitative estimate of drug-likeness (QED) is 0.873. The number of ether oxygens (including phenoxy) is 2. The fourth-order valence-corrected chi connectivity index (χ4v) is 3.20. The van der Waals surface area contributed by atoms with Crippen LogP contribution < -0.4 is 4.74 Å². The molecule has 2 aliphatic heterocycles. The first-order valence-corrected chi connectivity index (χ1v) is 7.76. The number of phenolic OH excluding ortho intramolecular Hbond substituents is 1. The highest BCUT2D eigenvalue weighted by Gasteiger charge is 2.25. The SMILES string of the molecule is COc1ccc(/C=C2/SC(N3CCOCC3)=NC2=N)c(O)c1. The first-order valence-electron chi connectivity index (χ1n) is 6.94. The van der Waals surface area contributed by atoms with Crippen molar-refractivity contribution in [1.29, 1.82) is 5.41 Å². The fraction of sp³-hybridized carbons (Fsp3) is 0.333. The smallest absolute Gasteiger partial charge is 0.171 e. The lowest BCUT2D eigenvalue weighted by Gasteiger charge is -2.27. The number of thioether (sulfide) groups is 1. The molecule has 0 atom stereocenters. The molecule has 1 saturated heterocycles. The molecule has 0 unspecified atom stereocenters. The van der Waals surface area contributed by atoms with Crippen LogP contribution in [0.2, 0.25) is 0 Å². The highest BCUT2D eigenvalue weighted by molar-refractivity contribution is 8.18. The van der Waals surface area contributed by atoms with E-state index >= 15 is 0 Å². The summed E-state index contributed by atoms with van der Waals surface area (Å²) in [4.78, 5) is 7.16. The molecule has 0 radical (unpaired) electrons. The second-order valence-electron chi connectivity index (χ2n) is 4.88. The van der Waals surface area contributed by atoms with Gasteiger partial charge in [-0.05, 0) is 30.0 Å². The van der Waals surface area contributed by atoms with Gasteiger partial charge < -0.3 is 19.5 Å². The average molecular weight is 319 g/mol. The third-order valence-corrected chi connectivity index (χ3v) is 4.51. The van der Waals surface area contributed by atoms with Crippen molar-refractivity contribution in [3.63, 3.8) is 0 Å². The number of phenols is 1. The Kier molecular flexibility index (Phi) is 4.35.